The number of benzene rings is 2. The molecule has 0 aromatic heterocycles. The van der Waals surface area contributed by atoms with Gasteiger partial charge in [0.25, 0.3) is 11.8 Å². The smallest absolute Gasteiger partial charge is 0.256 e. The lowest BCUT2D eigenvalue weighted by molar-refractivity contribution is -0.170. The van der Waals surface area contributed by atoms with Crippen LogP contribution in [0.25, 0.3) is 0 Å². The fourth-order valence-corrected chi connectivity index (χ4v) is 4.74. The number of carbonyl (C=O) groups is 2. The van der Waals surface area contributed by atoms with E-state index in [9.17, 15) is 18.4 Å². The third kappa shape index (κ3) is 5.22. The van der Waals surface area contributed by atoms with Gasteiger partial charge in [-0.1, -0.05) is 18.2 Å². The van der Waals surface area contributed by atoms with Gasteiger partial charge in [-0.05, 0) is 56.4 Å². The molecule has 4 rings (SSSR count). The Morgan fingerprint density at radius 3 is 2.59 bits per heavy atom. The Hall–Kier alpha value is -3.00. The molecule has 2 amide bonds. The second kappa shape index (κ2) is 10.5. The van der Waals surface area contributed by atoms with Gasteiger partial charge in [0.1, 0.15) is 24.0 Å². The van der Waals surface area contributed by atoms with E-state index in [1.807, 2.05) is 25.1 Å². The number of hydrogen-bond donors (Lipinski definition) is 0. The molecule has 6 nitrogen and oxygen atoms in total. The Bertz CT molecular complexity index is 1030. The molecule has 1 spiro atoms. The lowest BCUT2D eigenvalue weighted by Gasteiger charge is -2.44. The van der Waals surface area contributed by atoms with Gasteiger partial charge in [-0.2, -0.15) is 0 Å². The quantitative estimate of drug-likeness (QED) is 0.667. The van der Waals surface area contributed by atoms with Crippen molar-refractivity contribution in [2.45, 2.75) is 38.2 Å². The predicted octanol–water partition coefficient (Wildman–Crippen LogP) is 3.83. The van der Waals surface area contributed by atoms with Crippen molar-refractivity contribution in [3.8, 4) is 5.75 Å². The van der Waals surface area contributed by atoms with Crippen LogP contribution in [0.2, 0.25) is 0 Å². The zero-order valence-electron chi connectivity index (χ0n) is 19.4. The molecule has 2 aromatic carbocycles. The number of likely N-dealkylation sites (N-methyl/N-ethyl adjacent to an activating group) is 1. The highest BCUT2D eigenvalue weighted by Gasteiger charge is 2.46. The van der Waals surface area contributed by atoms with Crippen molar-refractivity contribution in [1.29, 1.82) is 0 Å². The highest BCUT2D eigenvalue weighted by Crippen LogP contribution is 2.30. The molecule has 0 N–H and O–H groups in total. The zero-order chi connectivity index (χ0) is 24.1. The monoisotopic (exact) mass is 472 g/mol. The molecule has 2 aliphatic heterocycles. The number of morpholine rings is 1. The first-order valence-electron chi connectivity index (χ1n) is 11.8. The minimum atomic E-state index is -1.20. The largest absolute Gasteiger partial charge is 0.491 e. The third-order valence-corrected chi connectivity index (χ3v) is 6.51. The Labute approximate surface area is 198 Å². The molecule has 8 heteroatoms. The van der Waals surface area contributed by atoms with Gasteiger partial charge in [-0.25, -0.2) is 8.78 Å². The van der Waals surface area contributed by atoms with Crippen LogP contribution in [0.4, 0.5) is 8.78 Å². The van der Waals surface area contributed by atoms with Gasteiger partial charge in [0.2, 0.25) is 0 Å². The predicted molar refractivity (Wildman–Crippen MR) is 123 cm³/mol. The number of rotatable bonds is 2. The zero-order valence-corrected chi connectivity index (χ0v) is 19.4. The van der Waals surface area contributed by atoms with E-state index in [0.717, 1.165) is 42.4 Å². The SMILES string of the molecule is CCN1CCOc2ccccc2CCCCC2(CN(C(=O)c3cc(F)cc(F)c3)CCO2)C1=O. The summed E-state index contributed by atoms with van der Waals surface area (Å²) in [6, 6.07) is 10.7. The number of aryl methyl sites for hydroxylation is 1. The molecule has 182 valence electrons. The highest BCUT2D eigenvalue weighted by molar-refractivity contribution is 5.95. The molecule has 34 heavy (non-hydrogen) atoms. The second-order valence-corrected chi connectivity index (χ2v) is 8.78. The molecule has 0 saturated carbocycles. The van der Waals surface area contributed by atoms with Crippen molar-refractivity contribution in [3.05, 3.63) is 65.2 Å². The van der Waals surface area contributed by atoms with E-state index in [-0.39, 0.29) is 31.2 Å². The molecule has 1 fully saturated rings. The minimum Gasteiger partial charge on any atom is -0.491 e. The maximum Gasteiger partial charge on any atom is 0.256 e. The topological polar surface area (TPSA) is 59.1 Å². The first-order valence-corrected chi connectivity index (χ1v) is 11.8. The van der Waals surface area contributed by atoms with Crippen LogP contribution in [0.3, 0.4) is 0 Å². The van der Waals surface area contributed by atoms with Crippen molar-refractivity contribution in [1.82, 2.24) is 9.80 Å². The fraction of sp³-hybridized carbons (Fsp3) is 0.462. The molecule has 1 saturated heterocycles. The summed E-state index contributed by atoms with van der Waals surface area (Å²) < 4.78 is 39.5. The van der Waals surface area contributed by atoms with Crippen molar-refractivity contribution >= 4 is 11.8 Å². The van der Waals surface area contributed by atoms with Gasteiger partial charge in [-0.3, -0.25) is 9.59 Å². The maximum absolute atomic E-state index is 13.7. The summed E-state index contributed by atoms with van der Waals surface area (Å²) in [4.78, 5) is 30.0. The molecule has 1 unspecified atom stereocenters. The average Bonchev–Trinajstić information content (AvgIpc) is 2.83. The second-order valence-electron chi connectivity index (χ2n) is 8.78. The number of amides is 2. The molecule has 2 heterocycles. The van der Waals surface area contributed by atoms with Crippen molar-refractivity contribution in [3.63, 3.8) is 0 Å². The van der Waals surface area contributed by atoms with E-state index < -0.39 is 23.1 Å². The van der Waals surface area contributed by atoms with Crippen molar-refractivity contribution < 1.29 is 27.8 Å². The highest BCUT2D eigenvalue weighted by atomic mass is 19.1. The fourth-order valence-electron chi connectivity index (χ4n) is 4.74. The molecule has 0 aliphatic carbocycles. The Morgan fingerprint density at radius 2 is 1.82 bits per heavy atom. The standard InChI is InChI=1S/C26H30F2N2O4/c1-2-29-11-13-33-23-9-4-3-7-19(23)8-5-6-10-26(25(29)32)18-30(12-14-34-26)24(31)20-15-21(27)17-22(28)16-20/h3-4,7,9,15-17H,2,5-6,8,10-14,18H2,1H3. The average molecular weight is 473 g/mol. The summed E-state index contributed by atoms with van der Waals surface area (Å²) in [7, 11) is 0. The number of halogens is 2. The maximum atomic E-state index is 13.7. The number of para-hydroxylation sites is 1. The molecule has 0 radical (unpaired) electrons. The van der Waals surface area contributed by atoms with Crippen LogP contribution in [0.5, 0.6) is 5.75 Å². The van der Waals surface area contributed by atoms with E-state index >= 15 is 0 Å². The molecule has 1 atom stereocenters. The number of carbonyl (C=O) groups excluding carboxylic acids is 2. The number of nitrogens with zero attached hydrogens (tertiary/aromatic N) is 2. The van der Waals surface area contributed by atoms with Crippen LogP contribution in [0.1, 0.15) is 42.1 Å². The summed E-state index contributed by atoms with van der Waals surface area (Å²) in [6.45, 7) is 3.55. The van der Waals surface area contributed by atoms with Gasteiger partial charge >= 0.3 is 0 Å². The molecule has 0 bridgehead atoms. The van der Waals surface area contributed by atoms with Crippen LogP contribution in [-0.4, -0.2) is 66.6 Å². The molecular weight excluding hydrogens is 442 g/mol. The normalized spacial score (nSPS) is 21.9. The van der Waals surface area contributed by atoms with E-state index in [4.69, 9.17) is 9.47 Å². The van der Waals surface area contributed by atoms with Crippen molar-refractivity contribution in [2.75, 3.05) is 39.4 Å². The van der Waals surface area contributed by atoms with Crippen LogP contribution < -0.4 is 4.74 Å². The third-order valence-electron chi connectivity index (χ3n) is 6.51. The van der Waals surface area contributed by atoms with Crippen molar-refractivity contribution in [2.24, 2.45) is 0 Å². The van der Waals surface area contributed by atoms with E-state index in [1.165, 1.54) is 4.90 Å². The van der Waals surface area contributed by atoms with Gasteiger partial charge in [0.15, 0.2) is 5.60 Å². The Kier molecular flexibility index (Phi) is 7.46. The van der Waals surface area contributed by atoms with E-state index in [2.05, 4.69) is 6.07 Å². The molecule has 2 aromatic rings. The molecular formula is C26H30F2N2O4. The number of fused-ring (bicyclic) bond motifs is 1. The van der Waals surface area contributed by atoms with E-state index in [0.29, 0.717) is 32.5 Å². The summed E-state index contributed by atoms with van der Waals surface area (Å²) in [5.41, 5.74) is -0.150. The lowest BCUT2D eigenvalue weighted by Crippen LogP contribution is -2.62. The van der Waals surface area contributed by atoms with Crippen LogP contribution in [0, 0.1) is 11.6 Å². The van der Waals surface area contributed by atoms with Crippen LogP contribution in [-0.2, 0) is 16.0 Å². The first-order chi connectivity index (χ1) is 16.4. The van der Waals surface area contributed by atoms with Crippen LogP contribution in [0.15, 0.2) is 42.5 Å². The Morgan fingerprint density at radius 1 is 1.06 bits per heavy atom. The first kappa shape index (κ1) is 24.1. The minimum absolute atomic E-state index is 0.0384. The van der Waals surface area contributed by atoms with Gasteiger partial charge in [0, 0.05) is 24.7 Å². The summed E-state index contributed by atoms with van der Waals surface area (Å²) in [6.07, 6.45) is 2.80. The Balaban J connectivity index is 1.58. The van der Waals surface area contributed by atoms with Gasteiger partial charge < -0.3 is 19.3 Å². The van der Waals surface area contributed by atoms with Crippen LogP contribution >= 0.6 is 0 Å². The van der Waals surface area contributed by atoms with Gasteiger partial charge in [-0.15, -0.1) is 0 Å². The summed E-state index contributed by atoms with van der Waals surface area (Å²) >= 11 is 0. The summed E-state index contributed by atoms with van der Waals surface area (Å²) in [5, 5.41) is 0. The lowest BCUT2D eigenvalue weighted by atomic mass is 9.90. The number of ether oxygens (including phenoxy) is 2. The van der Waals surface area contributed by atoms with Gasteiger partial charge in [0.05, 0.1) is 19.7 Å². The van der Waals surface area contributed by atoms with E-state index in [1.54, 1.807) is 4.90 Å². The summed E-state index contributed by atoms with van der Waals surface area (Å²) in [5.74, 6) is -1.48. The molecule has 2 aliphatic rings. The number of hydrogen-bond acceptors (Lipinski definition) is 4.